The largest absolute Gasteiger partial charge is 0.369 e. The summed E-state index contributed by atoms with van der Waals surface area (Å²) in [5, 5.41) is 7.65. The number of hydrogen-bond acceptors (Lipinski definition) is 5. The maximum atomic E-state index is 12.6. The second-order valence-electron chi connectivity index (χ2n) is 9.87. The first-order valence-electron chi connectivity index (χ1n) is 12.7. The van der Waals surface area contributed by atoms with Gasteiger partial charge in [0.15, 0.2) is 0 Å². The predicted molar refractivity (Wildman–Crippen MR) is 140 cm³/mol. The Kier molecular flexibility index (Phi) is 7.45. The molecule has 35 heavy (non-hydrogen) atoms. The lowest BCUT2D eigenvalue weighted by Crippen LogP contribution is -2.45. The standard InChI is InChI=1S/C28H36N6O/c1-31-15-17-33(18-16-31)27-9-7-24(8-10-27)25-19-29-34(21-25)22-28(35)30-26-11-13-32(14-12-26)20-23-5-3-2-4-6-23/h2-10,19,21,26H,11-18,20,22H2,1H3,(H,30,35). The second kappa shape index (κ2) is 11.1. The van der Waals surface area contributed by atoms with E-state index in [4.69, 9.17) is 0 Å². The first-order chi connectivity index (χ1) is 17.1. The van der Waals surface area contributed by atoms with E-state index in [0.29, 0.717) is 0 Å². The second-order valence-corrected chi connectivity index (χ2v) is 9.87. The van der Waals surface area contributed by atoms with Crippen LogP contribution >= 0.6 is 0 Å². The summed E-state index contributed by atoms with van der Waals surface area (Å²) >= 11 is 0. The molecule has 2 aliphatic heterocycles. The van der Waals surface area contributed by atoms with Gasteiger partial charge < -0.3 is 15.1 Å². The third-order valence-electron chi connectivity index (χ3n) is 7.21. The molecule has 0 unspecified atom stereocenters. The molecule has 0 atom stereocenters. The highest BCUT2D eigenvalue weighted by atomic mass is 16.2. The molecule has 3 heterocycles. The minimum atomic E-state index is 0.0339. The minimum absolute atomic E-state index is 0.0339. The lowest BCUT2D eigenvalue weighted by atomic mass is 10.0. The van der Waals surface area contributed by atoms with E-state index in [0.717, 1.165) is 69.8 Å². The van der Waals surface area contributed by atoms with Gasteiger partial charge in [-0.15, -0.1) is 0 Å². The number of benzene rings is 2. The number of nitrogens with one attached hydrogen (secondary N) is 1. The Morgan fingerprint density at radius 1 is 0.914 bits per heavy atom. The molecule has 0 aliphatic carbocycles. The summed E-state index contributed by atoms with van der Waals surface area (Å²) in [4.78, 5) is 19.9. The Morgan fingerprint density at radius 2 is 1.63 bits per heavy atom. The lowest BCUT2D eigenvalue weighted by molar-refractivity contribution is -0.122. The van der Waals surface area contributed by atoms with Crippen LogP contribution in [0, 0.1) is 0 Å². The maximum absolute atomic E-state index is 12.6. The third kappa shape index (κ3) is 6.29. The zero-order chi connectivity index (χ0) is 24.0. The molecule has 2 fully saturated rings. The van der Waals surface area contributed by atoms with Gasteiger partial charge in [0, 0.05) is 69.3 Å². The number of nitrogens with zero attached hydrogens (tertiary/aromatic N) is 5. The number of piperidine rings is 1. The quantitative estimate of drug-likeness (QED) is 0.573. The Morgan fingerprint density at radius 3 is 2.34 bits per heavy atom. The molecular formula is C28H36N6O. The number of likely N-dealkylation sites (tertiary alicyclic amines) is 1. The van der Waals surface area contributed by atoms with Crippen LogP contribution in [-0.2, 0) is 17.9 Å². The molecule has 5 rings (SSSR count). The molecule has 184 valence electrons. The van der Waals surface area contributed by atoms with Gasteiger partial charge in [-0.05, 0) is 43.1 Å². The van der Waals surface area contributed by atoms with E-state index < -0.39 is 0 Å². The number of piperazine rings is 1. The Hall–Kier alpha value is -3.16. The van der Waals surface area contributed by atoms with Crippen LogP contribution in [0.1, 0.15) is 18.4 Å². The van der Waals surface area contributed by atoms with Crippen molar-refractivity contribution < 1.29 is 4.79 Å². The number of carbonyl (C=O) groups excluding carboxylic acids is 1. The SMILES string of the molecule is CN1CCN(c2ccc(-c3cnn(CC(=O)NC4CCN(Cc5ccccc5)CC4)c3)cc2)CC1. The summed E-state index contributed by atoms with van der Waals surface area (Å²) in [6.07, 6.45) is 5.79. The molecule has 1 aromatic heterocycles. The number of hydrogen-bond donors (Lipinski definition) is 1. The number of likely N-dealkylation sites (N-methyl/N-ethyl adjacent to an activating group) is 1. The number of carbonyl (C=O) groups is 1. The van der Waals surface area contributed by atoms with Gasteiger partial charge in [-0.25, -0.2) is 0 Å². The molecule has 2 aliphatic rings. The molecule has 2 aromatic carbocycles. The number of anilines is 1. The van der Waals surface area contributed by atoms with E-state index in [2.05, 4.69) is 86.8 Å². The van der Waals surface area contributed by atoms with Gasteiger partial charge in [0.25, 0.3) is 0 Å². The predicted octanol–water partition coefficient (Wildman–Crippen LogP) is 3.08. The van der Waals surface area contributed by atoms with Crippen molar-refractivity contribution in [2.45, 2.75) is 32.0 Å². The fourth-order valence-corrected chi connectivity index (χ4v) is 5.03. The van der Waals surface area contributed by atoms with E-state index >= 15 is 0 Å². The number of aromatic nitrogens is 2. The van der Waals surface area contributed by atoms with Crippen LogP contribution in [0.3, 0.4) is 0 Å². The Labute approximate surface area is 208 Å². The molecule has 3 aromatic rings. The topological polar surface area (TPSA) is 56.6 Å². The highest BCUT2D eigenvalue weighted by molar-refractivity contribution is 5.76. The molecule has 7 nitrogen and oxygen atoms in total. The normalized spacial score (nSPS) is 18.0. The van der Waals surface area contributed by atoms with Gasteiger partial charge in [0.1, 0.15) is 6.54 Å². The van der Waals surface area contributed by atoms with Crippen molar-refractivity contribution in [3.63, 3.8) is 0 Å². The molecule has 0 bridgehead atoms. The van der Waals surface area contributed by atoms with Crippen molar-refractivity contribution in [2.75, 3.05) is 51.2 Å². The first kappa shape index (κ1) is 23.6. The van der Waals surface area contributed by atoms with Crippen molar-refractivity contribution in [2.24, 2.45) is 0 Å². The van der Waals surface area contributed by atoms with Gasteiger partial charge in [-0.3, -0.25) is 14.4 Å². The molecule has 0 spiro atoms. The zero-order valence-corrected chi connectivity index (χ0v) is 20.6. The van der Waals surface area contributed by atoms with Gasteiger partial charge in [0.2, 0.25) is 5.91 Å². The Balaban J connectivity index is 1.08. The van der Waals surface area contributed by atoms with E-state index in [-0.39, 0.29) is 18.5 Å². The molecule has 0 saturated carbocycles. The van der Waals surface area contributed by atoms with Crippen LogP contribution in [0.2, 0.25) is 0 Å². The fourth-order valence-electron chi connectivity index (χ4n) is 5.03. The summed E-state index contributed by atoms with van der Waals surface area (Å²) in [5.74, 6) is 0.0339. The average Bonchev–Trinajstić information content (AvgIpc) is 3.35. The molecular weight excluding hydrogens is 436 g/mol. The lowest BCUT2D eigenvalue weighted by Gasteiger charge is -2.34. The molecule has 0 radical (unpaired) electrons. The molecule has 1 amide bonds. The van der Waals surface area contributed by atoms with Crippen molar-refractivity contribution >= 4 is 11.6 Å². The monoisotopic (exact) mass is 472 g/mol. The highest BCUT2D eigenvalue weighted by Crippen LogP contribution is 2.23. The van der Waals surface area contributed by atoms with Crippen LogP contribution in [0.5, 0.6) is 0 Å². The molecule has 7 heteroatoms. The van der Waals surface area contributed by atoms with Gasteiger partial charge in [-0.2, -0.15) is 5.10 Å². The Bertz CT molecular complexity index is 1080. The van der Waals surface area contributed by atoms with E-state index in [1.165, 1.54) is 11.3 Å². The summed E-state index contributed by atoms with van der Waals surface area (Å²) < 4.78 is 1.74. The smallest absolute Gasteiger partial charge is 0.241 e. The third-order valence-corrected chi connectivity index (χ3v) is 7.21. The van der Waals surface area contributed by atoms with Crippen LogP contribution < -0.4 is 10.2 Å². The average molecular weight is 473 g/mol. The summed E-state index contributed by atoms with van der Waals surface area (Å²) in [6.45, 7) is 7.58. The summed E-state index contributed by atoms with van der Waals surface area (Å²) in [6, 6.07) is 19.5. The molecule has 1 N–H and O–H groups in total. The van der Waals surface area contributed by atoms with Crippen molar-refractivity contribution in [3.8, 4) is 11.1 Å². The van der Waals surface area contributed by atoms with Crippen LogP contribution in [-0.4, -0.2) is 77.8 Å². The number of amides is 1. The first-order valence-corrected chi connectivity index (χ1v) is 12.7. The van der Waals surface area contributed by atoms with Crippen molar-refractivity contribution in [1.82, 2.24) is 24.9 Å². The van der Waals surface area contributed by atoms with E-state index in [1.54, 1.807) is 4.68 Å². The van der Waals surface area contributed by atoms with Crippen molar-refractivity contribution in [3.05, 3.63) is 72.6 Å². The van der Waals surface area contributed by atoms with Gasteiger partial charge in [0.05, 0.1) is 6.20 Å². The fraction of sp³-hybridized carbons (Fsp3) is 0.429. The zero-order valence-electron chi connectivity index (χ0n) is 20.6. The van der Waals surface area contributed by atoms with Gasteiger partial charge in [-0.1, -0.05) is 42.5 Å². The van der Waals surface area contributed by atoms with Gasteiger partial charge >= 0.3 is 0 Å². The van der Waals surface area contributed by atoms with Crippen LogP contribution in [0.4, 0.5) is 5.69 Å². The maximum Gasteiger partial charge on any atom is 0.241 e. The van der Waals surface area contributed by atoms with E-state index in [1.807, 2.05) is 12.4 Å². The number of rotatable bonds is 7. The molecule has 2 saturated heterocycles. The minimum Gasteiger partial charge on any atom is -0.369 e. The van der Waals surface area contributed by atoms with Crippen LogP contribution in [0.15, 0.2) is 67.0 Å². The van der Waals surface area contributed by atoms with Crippen molar-refractivity contribution in [1.29, 1.82) is 0 Å². The summed E-state index contributed by atoms with van der Waals surface area (Å²) in [5.41, 5.74) is 4.78. The van der Waals surface area contributed by atoms with E-state index in [9.17, 15) is 4.79 Å². The summed E-state index contributed by atoms with van der Waals surface area (Å²) in [7, 11) is 2.17. The van der Waals surface area contributed by atoms with Crippen LogP contribution in [0.25, 0.3) is 11.1 Å². The highest BCUT2D eigenvalue weighted by Gasteiger charge is 2.21.